The minimum atomic E-state index is -0.463. The Bertz CT molecular complexity index is 668. The van der Waals surface area contributed by atoms with Crippen LogP contribution in [0.4, 0.5) is 0 Å². The van der Waals surface area contributed by atoms with E-state index in [0.29, 0.717) is 28.8 Å². The predicted octanol–water partition coefficient (Wildman–Crippen LogP) is 2.46. The molecule has 5 unspecified atom stereocenters. The van der Waals surface area contributed by atoms with E-state index in [0.717, 1.165) is 24.7 Å². The van der Waals surface area contributed by atoms with Crippen molar-refractivity contribution >= 4 is 51.6 Å². The molecule has 0 aromatic rings. The summed E-state index contributed by atoms with van der Waals surface area (Å²) in [6, 6.07) is 0. The third-order valence-corrected chi connectivity index (χ3v) is 6.62. The zero-order valence-electron chi connectivity index (χ0n) is 19.5. The van der Waals surface area contributed by atoms with E-state index in [1.54, 1.807) is 13.8 Å². The number of rotatable bonds is 3. The van der Waals surface area contributed by atoms with Gasteiger partial charge in [-0.25, -0.2) is 4.79 Å². The van der Waals surface area contributed by atoms with Gasteiger partial charge in [-0.05, 0) is 89.2 Å². The van der Waals surface area contributed by atoms with Crippen LogP contribution in [0.15, 0.2) is 24.3 Å². The zero-order valence-corrected chi connectivity index (χ0v) is 23.2. The molecule has 0 heterocycles. The maximum Gasteiger partial charge on any atom is 2.00 e. The molecule has 4 saturated carbocycles. The molecule has 4 aliphatic carbocycles. The SMILES string of the molecule is C=C(C)C(=O)Cl.C=C(C)C(=O)OC1(C)CCCC2CC21.O=C1CCCC2CC12.[Br-].[CH3-].[Mg+2]. The van der Waals surface area contributed by atoms with Gasteiger partial charge in [0.25, 0.3) is 0 Å². The number of carbonyl (C=O) groups excluding carboxylic acids is 3. The van der Waals surface area contributed by atoms with Crippen LogP contribution >= 0.6 is 11.6 Å². The van der Waals surface area contributed by atoms with Gasteiger partial charge >= 0.3 is 29.0 Å². The first-order valence-corrected chi connectivity index (χ1v) is 10.7. The van der Waals surface area contributed by atoms with Crippen LogP contribution in [0.25, 0.3) is 0 Å². The summed E-state index contributed by atoms with van der Waals surface area (Å²) < 4.78 is 5.56. The van der Waals surface area contributed by atoms with Crippen molar-refractivity contribution in [3.05, 3.63) is 31.7 Å². The molecule has 0 N–H and O–H groups in total. The number of ketones is 1. The molecule has 4 fully saturated rings. The Labute approximate surface area is 219 Å². The summed E-state index contributed by atoms with van der Waals surface area (Å²) in [6.45, 7) is 12.2. The summed E-state index contributed by atoms with van der Waals surface area (Å²) in [4.78, 5) is 32.1. The molecule has 31 heavy (non-hydrogen) atoms. The van der Waals surface area contributed by atoms with Gasteiger partial charge in [0.05, 0.1) is 0 Å². The van der Waals surface area contributed by atoms with Crippen LogP contribution in [0.5, 0.6) is 0 Å². The average molecular weight is 528 g/mol. The molecule has 0 saturated heterocycles. The quantitative estimate of drug-likeness (QED) is 0.186. The molecule has 4 nitrogen and oxygen atoms in total. The van der Waals surface area contributed by atoms with E-state index in [1.165, 1.54) is 38.5 Å². The van der Waals surface area contributed by atoms with Crippen LogP contribution in [-0.4, -0.2) is 45.6 Å². The third-order valence-electron chi connectivity index (χ3n) is 6.30. The monoisotopic (exact) mass is 526 g/mol. The molecule has 4 aliphatic rings. The van der Waals surface area contributed by atoms with E-state index in [9.17, 15) is 14.4 Å². The number of hydrogen-bond acceptors (Lipinski definition) is 4. The van der Waals surface area contributed by atoms with E-state index in [4.69, 9.17) is 16.3 Å². The number of hydrogen-bond donors (Lipinski definition) is 0. The van der Waals surface area contributed by atoms with Crippen molar-refractivity contribution in [1.82, 2.24) is 0 Å². The molecule has 0 amide bonds. The van der Waals surface area contributed by atoms with E-state index < -0.39 is 5.24 Å². The van der Waals surface area contributed by atoms with Crippen molar-refractivity contribution in [2.45, 2.75) is 77.7 Å². The minimum Gasteiger partial charge on any atom is -1.00 e. The van der Waals surface area contributed by atoms with Gasteiger partial charge < -0.3 is 29.1 Å². The Morgan fingerprint density at radius 3 is 2.06 bits per heavy atom. The van der Waals surface area contributed by atoms with E-state index >= 15 is 0 Å². The maximum absolute atomic E-state index is 11.5. The Hall–Kier alpha value is -0.174. The van der Waals surface area contributed by atoms with Gasteiger partial charge in [0.2, 0.25) is 5.24 Å². The number of Topliss-reactive ketones (excluding diaryl/α,β-unsaturated/α-hetero) is 1. The molecule has 0 aromatic heterocycles. The normalized spacial score (nSPS) is 30.8. The smallest absolute Gasteiger partial charge is 1.00 e. The molecule has 0 spiro atoms. The molecule has 5 atom stereocenters. The predicted molar refractivity (Wildman–Crippen MR) is 123 cm³/mol. The van der Waals surface area contributed by atoms with Gasteiger partial charge in [-0.15, -0.1) is 0 Å². The Kier molecular flexibility index (Phi) is 15.1. The average Bonchev–Trinajstić information content (AvgIpc) is 3.49. The summed E-state index contributed by atoms with van der Waals surface area (Å²) in [6.07, 6.45) is 9.38. The van der Waals surface area contributed by atoms with E-state index in [2.05, 4.69) is 20.1 Å². The third kappa shape index (κ3) is 10.1. The first-order valence-electron chi connectivity index (χ1n) is 10.3. The van der Waals surface area contributed by atoms with E-state index in [1.807, 2.05) is 0 Å². The largest absolute Gasteiger partial charge is 2.00 e. The number of carbonyl (C=O) groups is 3. The molecule has 0 bridgehead atoms. The van der Waals surface area contributed by atoms with Crippen LogP contribution in [-0.2, 0) is 19.1 Å². The van der Waals surface area contributed by atoms with Gasteiger partial charge in [-0.1, -0.05) is 13.2 Å². The fourth-order valence-electron chi connectivity index (χ4n) is 4.33. The second-order valence-corrected chi connectivity index (χ2v) is 9.34. The number of ether oxygens (including phenoxy) is 1. The summed E-state index contributed by atoms with van der Waals surface area (Å²) in [5.41, 5.74) is 0.699. The fraction of sp³-hybridized carbons (Fsp3) is 0.667. The van der Waals surface area contributed by atoms with Crippen molar-refractivity contribution in [2.24, 2.45) is 23.7 Å². The van der Waals surface area contributed by atoms with Crippen LogP contribution in [0, 0.1) is 31.1 Å². The van der Waals surface area contributed by atoms with Crippen molar-refractivity contribution in [3.8, 4) is 0 Å². The molecule has 0 aliphatic heterocycles. The van der Waals surface area contributed by atoms with Crippen LogP contribution < -0.4 is 17.0 Å². The Morgan fingerprint density at radius 2 is 1.61 bits per heavy atom. The number of halogens is 2. The van der Waals surface area contributed by atoms with E-state index in [-0.39, 0.29) is 59.0 Å². The Morgan fingerprint density at radius 1 is 1.06 bits per heavy atom. The molecule has 4 rings (SSSR count). The van der Waals surface area contributed by atoms with Crippen molar-refractivity contribution in [1.29, 1.82) is 0 Å². The summed E-state index contributed by atoms with van der Waals surface area (Å²) >= 11 is 4.87. The Balaban J connectivity index is 0. The van der Waals surface area contributed by atoms with Crippen molar-refractivity contribution in [3.63, 3.8) is 0 Å². The number of esters is 1. The van der Waals surface area contributed by atoms with Gasteiger partial charge in [0.15, 0.2) is 0 Å². The molecule has 7 heteroatoms. The second-order valence-electron chi connectivity index (χ2n) is 8.99. The second kappa shape index (κ2) is 14.2. The van der Waals surface area contributed by atoms with Gasteiger partial charge in [-0.2, -0.15) is 0 Å². The minimum absolute atomic E-state index is 0. The number of fused-ring (bicyclic) bond motifs is 2. The summed E-state index contributed by atoms with van der Waals surface area (Å²) in [7, 11) is 0. The number of allylic oxidation sites excluding steroid dienone is 1. The topological polar surface area (TPSA) is 60.4 Å². The van der Waals surface area contributed by atoms with Crippen LogP contribution in [0.2, 0.25) is 0 Å². The molecular formula is C24H36BrClMgO4. The first kappa shape index (κ1) is 33.0. The first-order chi connectivity index (χ1) is 13.0. The molecular weight excluding hydrogens is 492 g/mol. The standard InChI is InChI=1S/C12H18O2.C7H10O.C4H5ClO.CH3.BrH.Mg/c1-8(2)11(13)14-12(3)6-4-5-9-7-10(9)12;8-7-3-1-2-5-4-6(5)7;1-3(2)4(5)6;;;/h9-10H,1,4-7H2,2-3H3;5-6H,1-4H2;1H2,2H3;1H3;1H;/q;;;-1;;+2/p-1. The fourth-order valence-corrected chi connectivity index (χ4v) is 4.33. The van der Waals surface area contributed by atoms with Gasteiger partial charge in [0, 0.05) is 29.4 Å². The van der Waals surface area contributed by atoms with Crippen molar-refractivity contribution in [2.75, 3.05) is 0 Å². The van der Waals surface area contributed by atoms with Crippen molar-refractivity contribution < 1.29 is 36.1 Å². The van der Waals surface area contributed by atoms with Gasteiger partial charge in [-0.3, -0.25) is 9.59 Å². The summed E-state index contributed by atoms with van der Waals surface area (Å²) in [5.74, 6) is 3.13. The zero-order chi connectivity index (χ0) is 21.1. The van der Waals surface area contributed by atoms with Crippen LogP contribution in [0.3, 0.4) is 0 Å². The molecule has 172 valence electrons. The molecule has 0 aromatic carbocycles. The maximum atomic E-state index is 11.5. The molecule has 0 radical (unpaired) electrons. The van der Waals surface area contributed by atoms with Crippen LogP contribution in [0.1, 0.15) is 72.1 Å². The summed E-state index contributed by atoms with van der Waals surface area (Å²) in [5, 5.41) is -0.463. The van der Waals surface area contributed by atoms with Gasteiger partial charge in [0.1, 0.15) is 11.4 Å².